The van der Waals surface area contributed by atoms with Gasteiger partial charge in [-0.15, -0.1) is 0 Å². The van der Waals surface area contributed by atoms with E-state index in [0.29, 0.717) is 17.2 Å². The highest BCUT2D eigenvalue weighted by Crippen LogP contribution is 2.27. The van der Waals surface area contributed by atoms with Gasteiger partial charge in [0.05, 0.1) is 12.7 Å². The number of amides is 1. The van der Waals surface area contributed by atoms with Crippen LogP contribution in [0.3, 0.4) is 0 Å². The maximum absolute atomic E-state index is 12.5. The van der Waals surface area contributed by atoms with E-state index >= 15 is 0 Å². The van der Waals surface area contributed by atoms with Gasteiger partial charge in [-0.1, -0.05) is 31.9 Å². The third kappa shape index (κ3) is 3.51. The maximum Gasteiger partial charge on any atom is 0.257 e. The Bertz CT molecular complexity index is 457. The Kier molecular flexibility index (Phi) is 5.28. The van der Waals surface area contributed by atoms with Crippen LogP contribution in [0.5, 0.6) is 5.75 Å². The zero-order valence-corrected chi connectivity index (χ0v) is 14.0. The summed E-state index contributed by atoms with van der Waals surface area (Å²) in [5.74, 6) is 1.38. The van der Waals surface area contributed by atoms with Gasteiger partial charge in [0, 0.05) is 22.9 Å². The molecule has 1 fully saturated rings. The van der Waals surface area contributed by atoms with E-state index in [4.69, 9.17) is 4.74 Å². The fourth-order valence-electron chi connectivity index (χ4n) is 2.30. The van der Waals surface area contributed by atoms with Crippen molar-refractivity contribution in [2.75, 3.05) is 25.5 Å². The molecule has 1 saturated heterocycles. The summed E-state index contributed by atoms with van der Waals surface area (Å²) in [5, 5.41) is 1.02. The lowest BCUT2D eigenvalue weighted by molar-refractivity contribution is 0.0695. The van der Waals surface area contributed by atoms with E-state index in [1.165, 1.54) is 0 Å². The second kappa shape index (κ2) is 6.75. The maximum atomic E-state index is 12.5. The second-order valence-corrected chi connectivity index (χ2v) is 6.30. The zero-order chi connectivity index (χ0) is 13.8. The molecule has 0 spiro atoms. The van der Waals surface area contributed by atoms with Crippen LogP contribution in [0.15, 0.2) is 22.7 Å². The lowest BCUT2D eigenvalue weighted by Crippen LogP contribution is -2.38. The molecule has 2 rings (SSSR count). The van der Waals surface area contributed by atoms with Gasteiger partial charge in [-0.05, 0) is 37.0 Å². The normalized spacial score (nSPS) is 16.5. The number of methoxy groups -OCH3 is 1. The summed E-state index contributed by atoms with van der Waals surface area (Å²) >= 11 is 6.90. The van der Waals surface area contributed by atoms with Gasteiger partial charge in [-0.25, -0.2) is 0 Å². The summed E-state index contributed by atoms with van der Waals surface area (Å²) in [5.41, 5.74) is 0.642. The summed E-state index contributed by atoms with van der Waals surface area (Å²) in [6.45, 7) is 1.66. The third-order valence-corrected chi connectivity index (χ3v) is 4.92. The molecular weight excluding hydrogens is 374 g/mol. The Hall–Kier alpha value is -0.550. The van der Waals surface area contributed by atoms with Crippen molar-refractivity contribution in [1.82, 2.24) is 4.90 Å². The number of likely N-dealkylation sites (tertiary alicyclic amines) is 1. The van der Waals surface area contributed by atoms with Gasteiger partial charge >= 0.3 is 0 Å². The summed E-state index contributed by atoms with van der Waals surface area (Å²) in [4.78, 5) is 14.4. The molecule has 1 aliphatic rings. The van der Waals surface area contributed by atoms with Crippen LogP contribution < -0.4 is 4.74 Å². The van der Waals surface area contributed by atoms with Crippen molar-refractivity contribution >= 4 is 37.8 Å². The number of ether oxygens (including phenoxy) is 1. The molecule has 0 aromatic heterocycles. The van der Waals surface area contributed by atoms with Crippen molar-refractivity contribution in [2.45, 2.75) is 12.8 Å². The standard InChI is InChI=1S/C14H17Br2NO2/c1-19-13-8-11(16)2-3-12(13)14(18)17-6-4-10(9-15)5-7-17/h2-3,8,10H,4-7,9H2,1H3. The highest BCUT2D eigenvalue weighted by Gasteiger charge is 2.24. The molecule has 3 nitrogen and oxygen atoms in total. The summed E-state index contributed by atoms with van der Waals surface area (Å²) in [7, 11) is 1.59. The Balaban J connectivity index is 2.12. The molecule has 1 aliphatic heterocycles. The number of halogens is 2. The molecule has 1 aromatic rings. The van der Waals surface area contributed by atoms with E-state index in [1.807, 2.05) is 23.1 Å². The molecule has 0 N–H and O–H groups in total. The number of hydrogen-bond acceptors (Lipinski definition) is 2. The topological polar surface area (TPSA) is 29.5 Å². The van der Waals surface area contributed by atoms with Gasteiger partial charge in [0.15, 0.2) is 0 Å². The van der Waals surface area contributed by atoms with Crippen LogP contribution in [0.4, 0.5) is 0 Å². The largest absolute Gasteiger partial charge is 0.496 e. The predicted octanol–water partition coefficient (Wildman–Crippen LogP) is 3.70. The molecule has 0 unspecified atom stereocenters. The minimum absolute atomic E-state index is 0.0670. The van der Waals surface area contributed by atoms with Crippen LogP contribution in [-0.4, -0.2) is 36.3 Å². The fraction of sp³-hybridized carbons (Fsp3) is 0.500. The van der Waals surface area contributed by atoms with Gasteiger partial charge in [0.25, 0.3) is 5.91 Å². The van der Waals surface area contributed by atoms with Crippen molar-refractivity contribution in [3.8, 4) is 5.75 Å². The highest BCUT2D eigenvalue weighted by molar-refractivity contribution is 9.10. The lowest BCUT2D eigenvalue weighted by Gasteiger charge is -2.31. The average Bonchev–Trinajstić information content (AvgIpc) is 2.46. The Morgan fingerprint density at radius 1 is 1.42 bits per heavy atom. The first-order valence-electron chi connectivity index (χ1n) is 6.34. The van der Waals surface area contributed by atoms with Crippen LogP contribution >= 0.6 is 31.9 Å². The van der Waals surface area contributed by atoms with Crippen molar-refractivity contribution in [1.29, 1.82) is 0 Å². The summed E-state index contributed by atoms with van der Waals surface area (Å²) < 4.78 is 6.21. The number of rotatable bonds is 3. The highest BCUT2D eigenvalue weighted by atomic mass is 79.9. The Labute approximate surface area is 130 Å². The lowest BCUT2D eigenvalue weighted by atomic mass is 9.98. The molecule has 0 aliphatic carbocycles. The van der Waals surface area contributed by atoms with E-state index in [0.717, 1.165) is 35.7 Å². The molecule has 0 bridgehead atoms. The van der Waals surface area contributed by atoms with Gasteiger partial charge in [0.2, 0.25) is 0 Å². The zero-order valence-electron chi connectivity index (χ0n) is 10.9. The van der Waals surface area contributed by atoms with E-state index in [2.05, 4.69) is 31.9 Å². The number of piperidine rings is 1. The van der Waals surface area contributed by atoms with Gasteiger partial charge in [0.1, 0.15) is 5.75 Å². The molecule has 5 heteroatoms. The molecule has 0 atom stereocenters. The molecule has 1 amide bonds. The van der Waals surface area contributed by atoms with Crippen LogP contribution in [0.25, 0.3) is 0 Å². The molecule has 1 aromatic carbocycles. The van der Waals surface area contributed by atoms with Crippen molar-refractivity contribution in [3.05, 3.63) is 28.2 Å². The molecule has 0 radical (unpaired) electrons. The first kappa shape index (κ1) is 14.9. The van der Waals surface area contributed by atoms with E-state index in [9.17, 15) is 4.79 Å². The van der Waals surface area contributed by atoms with E-state index in [-0.39, 0.29) is 5.91 Å². The minimum Gasteiger partial charge on any atom is -0.496 e. The third-order valence-electron chi connectivity index (χ3n) is 3.51. The minimum atomic E-state index is 0.0670. The first-order chi connectivity index (χ1) is 9.15. The molecule has 1 heterocycles. The summed E-state index contributed by atoms with van der Waals surface area (Å²) in [6, 6.07) is 5.53. The van der Waals surface area contributed by atoms with E-state index < -0.39 is 0 Å². The van der Waals surface area contributed by atoms with Crippen LogP contribution in [0.2, 0.25) is 0 Å². The predicted molar refractivity (Wildman–Crippen MR) is 83.1 cm³/mol. The van der Waals surface area contributed by atoms with E-state index in [1.54, 1.807) is 7.11 Å². The SMILES string of the molecule is COc1cc(Br)ccc1C(=O)N1CCC(CBr)CC1. The monoisotopic (exact) mass is 389 g/mol. The fourth-order valence-corrected chi connectivity index (χ4v) is 3.29. The smallest absolute Gasteiger partial charge is 0.257 e. The Morgan fingerprint density at radius 2 is 2.11 bits per heavy atom. The number of benzene rings is 1. The van der Waals surface area contributed by atoms with Crippen LogP contribution in [0, 0.1) is 5.92 Å². The quantitative estimate of drug-likeness (QED) is 0.736. The van der Waals surface area contributed by atoms with Crippen molar-refractivity contribution in [3.63, 3.8) is 0 Å². The number of hydrogen-bond donors (Lipinski definition) is 0. The Morgan fingerprint density at radius 3 is 2.68 bits per heavy atom. The number of carbonyl (C=O) groups excluding carboxylic acids is 1. The number of alkyl halides is 1. The van der Waals surface area contributed by atoms with Gasteiger partial charge < -0.3 is 9.64 Å². The van der Waals surface area contributed by atoms with Crippen molar-refractivity contribution in [2.24, 2.45) is 5.92 Å². The molecular formula is C14H17Br2NO2. The van der Waals surface area contributed by atoms with Crippen molar-refractivity contribution < 1.29 is 9.53 Å². The van der Waals surface area contributed by atoms with Crippen LogP contribution in [0.1, 0.15) is 23.2 Å². The molecule has 104 valence electrons. The van der Waals surface area contributed by atoms with Gasteiger partial charge in [-0.3, -0.25) is 4.79 Å². The molecule has 19 heavy (non-hydrogen) atoms. The summed E-state index contributed by atoms with van der Waals surface area (Å²) in [6.07, 6.45) is 2.13. The first-order valence-corrected chi connectivity index (χ1v) is 8.26. The molecule has 0 saturated carbocycles. The van der Waals surface area contributed by atoms with Crippen LogP contribution in [-0.2, 0) is 0 Å². The number of carbonyl (C=O) groups is 1. The van der Waals surface area contributed by atoms with Gasteiger partial charge in [-0.2, -0.15) is 0 Å². The second-order valence-electron chi connectivity index (χ2n) is 4.73. The number of nitrogens with zero attached hydrogens (tertiary/aromatic N) is 1. The average molecular weight is 391 g/mol.